The summed E-state index contributed by atoms with van der Waals surface area (Å²) in [4.78, 5) is 20.5. The lowest BCUT2D eigenvalue weighted by molar-refractivity contribution is -0.116. The van der Waals surface area contributed by atoms with Gasteiger partial charge in [0.15, 0.2) is 0 Å². The summed E-state index contributed by atoms with van der Waals surface area (Å²) < 4.78 is 0. The molecular formula is C16H20N4O. The highest BCUT2D eigenvalue weighted by Gasteiger charge is 2.15. The molecular weight excluding hydrogens is 264 g/mol. The van der Waals surface area contributed by atoms with Crippen LogP contribution in [-0.4, -0.2) is 29.0 Å². The van der Waals surface area contributed by atoms with Crippen LogP contribution in [0.25, 0.3) is 10.9 Å². The van der Waals surface area contributed by atoms with Crippen LogP contribution in [0, 0.1) is 5.92 Å². The van der Waals surface area contributed by atoms with Crippen LogP contribution >= 0.6 is 0 Å². The standard InChI is InChI=1S/C16H20N4O/c21-16(2-1-12-3-7-17-8-4-12)20-15-6-10-19-14-5-9-18-11-13(14)15/h5-6,9-12,17H,1-4,7-8H2,(H,19,20,21). The maximum atomic E-state index is 12.1. The van der Waals surface area contributed by atoms with Gasteiger partial charge in [-0.2, -0.15) is 0 Å². The molecule has 5 heteroatoms. The number of carbonyl (C=O) groups is 1. The number of anilines is 1. The first kappa shape index (κ1) is 13.9. The summed E-state index contributed by atoms with van der Waals surface area (Å²) >= 11 is 0. The van der Waals surface area contributed by atoms with Gasteiger partial charge in [0, 0.05) is 30.4 Å². The Labute approximate surface area is 124 Å². The minimum Gasteiger partial charge on any atom is -0.325 e. The van der Waals surface area contributed by atoms with Crippen molar-refractivity contribution in [3.05, 3.63) is 30.7 Å². The second-order valence-corrected chi connectivity index (χ2v) is 5.53. The van der Waals surface area contributed by atoms with E-state index in [4.69, 9.17) is 0 Å². The molecule has 2 aromatic heterocycles. The van der Waals surface area contributed by atoms with Crippen LogP contribution in [-0.2, 0) is 4.79 Å². The van der Waals surface area contributed by atoms with Gasteiger partial charge in [0.2, 0.25) is 5.91 Å². The van der Waals surface area contributed by atoms with Crippen LogP contribution in [0.15, 0.2) is 30.7 Å². The van der Waals surface area contributed by atoms with Gasteiger partial charge >= 0.3 is 0 Å². The Morgan fingerprint density at radius 3 is 3.00 bits per heavy atom. The van der Waals surface area contributed by atoms with E-state index in [1.54, 1.807) is 18.6 Å². The molecule has 0 spiro atoms. The lowest BCUT2D eigenvalue weighted by atomic mass is 9.93. The summed E-state index contributed by atoms with van der Waals surface area (Å²) in [5, 5.41) is 7.22. The molecule has 1 aliphatic heterocycles. The number of nitrogens with one attached hydrogen (secondary N) is 2. The number of pyridine rings is 2. The van der Waals surface area contributed by atoms with Crippen molar-refractivity contribution in [1.82, 2.24) is 15.3 Å². The summed E-state index contributed by atoms with van der Waals surface area (Å²) in [6.45, 7) is 2.15. The van der Waals surface area contributed by atoms with Gasteiger partial charge in [-0.05, 0) is 50.4 Å². The monoisotopic (exact) mass is 284 g/mol. The molecule has 0 radical (unpaired) electrons. The molecule has 1 fully saturated rings. The van der Waals surface area contributed by atoms with Gasteiger partial charge in [0.25, 0.3) is 0 Å². The van der Waals surface area contributed by atoms with E-state index in [9.17, 15) is 4.79 Å². The third kappa shape index (κ3) is 3.55. The van der Waals surface area contributed by atoms with Gasteiger partial charge in [-0.25, -0.2) is 0 Å². The molecule has 2 N–H and O–H groups in total. The van der Waals surface area contributed by atoms with Crippen molar-refractivity contribution in [3.8, 4) is 0 Å². The number of aromatic nitrogens is 2. The van der Waals surface area contributed by atoms with E-state index in [-0.39, 0.29) is 5.91 Å². The van der Waals surface area contributed by atoms with Crippen LogP contribution < -0.4 is 10.6 Å². The maximum absolute atomic E-state index is 12.1. The zero-order valence-corrected chi connectivity index (χ0v) is 12.0. The average molecular weight is 284 g/mol. The second-order valence-electron chi connectivity index (χ2n) is 5.53. The molecule has 0 aliphatic carbocycles. The molecule has 0 unspecified atom stereocenters. The van der Waals surface area contributed by atoms with Crippen LogP contribution in [0.1, 0.15) is 25.7 Å². The zero-order valence-electron chi connectivity index (χ0n) is 12.0. The molecule has 1 aliphatic rings. The third-order valence-electron chi connectivity index (χ3n) is 4.06. The highest BCUT2D eigenvalue weighted by molar-refractivity contribution is 6.00. The van der Waals surface area contributed by atoms with Gasteiger partial charge in [-0.3, -0.25) is 14.8 Å². The molecule has 1 saturated heterocycles. The lowest BCUT2D eigenvalue weighted by Gasteiger charge is -2.22. The number of nitrogens with zero attached hydrogens (tertiary/aromatic N) is 2. The summed E-state index contributed by atoms with van der Waals surface area (Å²) in [7, 11) is 0. The molecule has 0 aromatic carbocycles. The van der Waals surface area contributed by atoms with Crippen molar-refractivity contribution in [2.45, 2.75) is 25.7 Å². The zero-order chi connectivity index (χ0) is 14.5. The summed E-state index contributed by atoms with van der Waals surface area (Å²) in [5.74, 6) is 0.748. The van der Waals surface area contributed by atoms with E-state index in [0.29, 0.717) is 12.3 Å². The molecule has 110 valence electrons. The summed E-state index contributed by atoms with van der Waals surface area (Å²) in [6.07, 6.45) is 9.06. The molecule has 3 heterocycles. The van der Waals surface area contributed by atoms with Crippen LogP contribution in [0.3, 0.4) is 0 Å². The Kier molecular flexibility index (Phi) is 4.40. The number of hydrogen-bond donors (Lipinski definition) is 2. The number of rotatable bonds is 4. The molecule has 0 bridgehead atoms. The van der Waals surface area contributed by atoms with E-state index < -0.39 is 0 Å². The highest BCUT2D eigenvalue weighted by atomic mass is 16.1. The first-order valence-electron chi connectivity index (χ1n) is 7.52. The van der Waals surface area contributed by atoms with Crippen molar-refractivity contribution in [1.29, 1.82) is 0 Å². The van der Waals surface area contributed by atoms with Crippen molar-refractivity contribution >= 4 is 22.5 Å². The molecule has 21 heavy (non-hydrogen) atoms. The molecule has 0 atom stereocenters. The van der Waals surface area contributed by atoms with Gasteiger partial charge in [0.1, 0.15) is 0 Å². The highest BCUT2D eigenvalue weighted by Crippen LogP contribution is 2.21. The van der Waals surface area contributed by atoms with Crippen LogP contribution in [0.5, 0.6) is 0 Å². The van der Waals surface area contributed by atoms with E-state index in [1.807, 2.05) is 12.1 Å². The first-order chi connectivity index (χ1) is 10.3. The minimum atomic E-state index is 0.0740. The van der Waals surface area contributed by atoms with Gasteiger partial charge in [-0.15, -0.1) is 0 Å². The quantitative estimate of drug-likeness (QED) is 0.904. The van der Waals surface area contributed by atoms with Crippen molar-refractivity contribution < 1.29 is 4.79 Å². The minimum absolute atomic E-state index is 0.0740. The van der Waals surface area contributed by atoms with Crippen LogP contribution in [0.2, 0.25) is 0 Å². The van der Waals surface area contributed by atoms with Crippen molar-refractivity contribution in [2.75, 3.05) is 18.4 Å². The van der Waals surface area contributed by atoms with E-state index >= 15 is 0 Å². The SMILES string of the molecule is O=C(CCC1CCNCC1)Nc1ccnc2ccncc12. The molecule has 2 aromatic rings. The predicted octanol–water partition coefficient (Wildman–Crippen LogP) is 2.35. The Balaban J connectivity index is 1.61. The average Bonchev–Trinajstić information content (AvgIpc) is 2.54. The van der Waals surface area contributed by atoms with E-state index in [2.05, 4.69) is 20.6 Å². The van der Waals surface area contributed by atoms with Gasteiger partial charge in [-0.1, -0.05) is 0 Å². The molecule has 3 rings (SSSR count). The molecule has 5 nitrogen and oxygen atoms in total. The summed E-state index contributed by atoms with van der Waals surface area (Å²) in [5.41, 5.74) is 1.64. The number of piperidine rings is 1. The fourth-order valence-corrected chi connectivity index (χ4v) is 2.82. The topological polar surface area (TPSA) is 66.9 Å². The number of amides is 1. The fourth-order valence-electron chi connectivity index (χ4n) is 2.82. The number of hydrogen-bond acceptors (Lipinski definition) is 4. The molecule has 0 saturated carbocycles. The van der Waals surface area contributed by atoms with Crippen molar-refractivity contribution in [3.63, 3.8) is 0 Å². The first-order valence-corrected chi connectivity index (χ1v) is 7.52. The largest absolute Gasteiger partial charge is 0.325 e. The second kappa shape index (κ2) is 6.63. The molecule has 1 amide bonds. The normalized spacial score (nSPS) is 16.0. The van der Waals surface area contributed by atoms with Gasteiger partial charge < -0.3 is 10.6 Å². The van der Waals surface area contributed by atoms with E-state index in [1.165, 1.54) is 12.8 Å². The van der Waals surface area contributed by atoms with Crippen molar-refractivity contribution in [2.24, 2.45) is 5.92 Å². The Morgan fingerprint density at radius 2 is 2.14 bits per heavy atom. The Hall–Kier alpha value is -2.01. The van der Waals surface area contributed by atoms with Crippen LogP contribution in [0.4, 0.5) is 5.69 Å². The number of carbonyl (C=O) groups excluding carboxylic acids is 1. The smallest absolute Gasteiger partial charge is 0.224 e. The maximum Gasteiger partial charge on any atom is 0.224 e. The third-order valence-corrected chi connectivity index (χ3v) is 4.06. The Morgan fingerprint density at radius 1 is 1.29 bits per heavy atom. The lowest BCUT2D eigenvalue weighted by Crippen LogP contribution is -2.28. The number of fused-ring (bicyclic) bond motifs is 1. The fraction of sp³-hybridized carbons (Fsp3) is 0.438. The van der Waals surface area contributed by atoms with Gasteiger partial charge in [0.05, 0.1) is 11.2 Å². The van der Waals surface area contributed by atoms with E-state index in [0.717, 1.165) is 36.1 Å². The predicted molar refractivity (Wildman–Crippen MR) is 83.0 cm³/mol. The Bertz CT molecular complexity index is 617. The summed E-state index contributed by atoms with van der Waals surface area (Å²) in [6, 6.07) is 3.67.